The lowest BCUT2D eigenvalue weighted by atomic mass is 9.84. The summed E-state index contributed by atoms with van der Waals surface area (Å²) >= 11 is 0. The molecule has 0 amide bonds. The highest BCUT2D eigenvalue weighted by atomic mass is 32.2. The number of ketones is 2. The van der Waals surface area contributed by atoms with Crippen molar-refractivity contribution in [2.24, 2.45) is 0 Å². The molecule has 0 bridgehead atoms. The lowest BCUT2D eigenvalue weighted by Crippen LogP contribution is -2.42. The lowest BCUT2D eigenvalue weighted by Gasteiger charge is -2.19. The summed E-state index contributed by atoms with van der Waals surface area (Å²) in [5.41, 5.74) is 1.21. The van der Waals surface area contributed by atoms with Gasteiger partial charge < -0.3 is 5.11 Å². The lowest BCUT2D eigenvalue weighted by molar-refractivity contribution is -0.138. The van der Waals surface area contributed by atoms with Crippen molar-refractivity contribution in [3.8, 4) is 0 Å². The zero-order chi connectivity index (χ0) is 22.2. The standard InChI is InChI=1S/C23H17NO6S/c25-21-16-8-4-5-9-17(16)22(26)19-13-15(10-11-18(19)21)31(29,30)24-20(23(27)28)12-14-6-2-1-3-7-14/h1-11,13,20,24H,12H2,(H,27,28). The Morgan fingerprint density at radius 2 is 1.35 bits per heavy atom. The Labute approximate surface area is 178 Å². The zero-order valence-corrected chi connectivity index (χ0v) is 16.9. The third kappa shape index (κ3) is 3.90. The number of hydrogen-bond donors (Lipinski definition) is 2. The molecule has 0 fully saturated rings. The van der Waals surface area contributed by atoms with Gasteiger partial charge in [0, 0.05) is 22.3 Å². The highest BCUT2D eigenvalue weighted by Crippen LogP contribution is 2.29. The summed E-state index contributed by atoms with van der Waals surface area (Å²) in [4.78, 5) is 36.9. The maximum Gasteiger partial charge on any atom is 0.322 e. The number of aliphatic carboxylic acids is 1. The van der Waals surface area contributed by atoms with Crippen LogP contribution in [0.2, 0.25) is 0 Å². The van der Waals surface area contributed by atoms with Crippen molar-refractivity contribution < 1.29 is 27.9 Å². The van der Waals surface area contributed by atoms with E-state index in [9.17, 15) is 27.9 Å². The summed E-state index contributed by atoms with van der Waals surface area (Å²) in [6.07, 6.45) is -0.0505. The van der Waals surface area contributed by atoms with Crippen LogP contribution in [-0.2, 0) is 21.2 Å². The van der Waals surface area contributed by atoms with Crippen molar-refractivity contribution in [1.29, 1.82) is 0 Å². The highest BCUT2D eigenvalue weighted by molar-refractivity contribution is 7.89. The van der Waals surface area contributed by atoms with Gasteiger partial charge in [-0.15, -0.1) is 0 Å². The number of carboxylic acid groups (broad SMARTS) is 1. The van der Waals surface area contributed by atoms with E-state index in [4.69, 9.17) is 0 Å². The highest BCUT2D eigenvalue weighted by Gasteiger charge is 2.32. The van der Waals surface area contributed by atoms with Gasteiger partial charge in [-0.05, 0) is 30.2 Å². The number of benzene rings is 3. The van der Waals surface area contributed by atoms with Crippen LogP contribution in [0.3, 0.4) is 0 Å². The second-order valence-corrected chi connectivity index (χ2v) is 8.83. The molecule has 31 heavy (non-hydrogen) atoms. The molecule has 0 aliphatic heterocycles. The van der Waals surface area contributed by atoms with E-state index in [2.05, 4.69) is 4.72 Å². The zero-order valence-electron chi connectivity index (χ0n) is 16.1. The molecule has 3 aromatic rings. The molecule has 1 unspecified atom stereocenters. The van der Waals surface area contributed by atoms with Crippen LogP contribution >= 0.6 is 0 Å². The molecule has 0 heterocycles. The summed E-state index contributed by atoms with van der Waals surface area (Å²) in [6, 6.07) is 17.2. The van der Waals surface area contributed by atoms with Crippen LogP contribution in [0.15, 0.2) is 77.7 Å². The van der Waals surface area contributed by atoms with E-state index >= 15 is 0 Å². The molecule has 0 saturated heterocycles. The molecule has 2 N–H and O–H groups in total. The van der Waals surface area contributed by atoms with Crippen molar-refractivity contribution in [2.45, 2.75) is 17.4 Å². The van der Waals surface area contributed by atoms with Crippen LogP contribution in [0.1, 0.15) is 37.4 Å². The van der Waals surface area contributed by atoms with Crippen molar-refractivity contribution in [1.82, 2.24) is 4.72 Å². The molecule has 1 aliphatic carbocycles. The SMILES string of the molecule is O=C1c2ccccc2C(=O)c2cc(S(=O)(=O)NC(Cc3ccccc3)C(=O)O)ccc21. The van der Waals surface area contributed by atoms with Crippen molar-refractivity contribution in [3.63, 3.8) is 0 Å². The summed E-state index contributed by atoms with van der Waals surface area (Å²) in [7, 11) is -4.27. The molecule has 3 aromatic carbocycles. The second-order valence-electron chi connectivity index (χ2n) is 7.11. The Balaban J connectivity index is 1.67. The van der Waals surface area contributed by atoms with E-state index in [0.29, 0.717) is 5.56 Å². The number of nitrogens with one attached hydrogen (secondary N) is 1. The topological polar surface area (TPSA) is 118 Å². The molecule has 7 nitrogen and oxygen atoms in total. The fourth-order valence-corrected chi connectivity index (χ4v) is 4.75. The van der Waals surface area contributed by atoms with E-state index in [1.165, 1.54) is 18.2 Å². The predicted octanol–water partition coefficient (Wildman–Crippen LogP) is 2.44. The first kappa shape index (κ1) is 20.6. The van der Waals surface area contributed by atoms with Gasteiger partial charge in [0.15, 0.2) is 11.6 Å². The molecule has 0 aromatic heterocycles. The second kappa shape index (κ2) is 7.90. The minimum absolute atomic E-state index is 0.0264. The third-order valence-corrected chi connectivity index (χ3v) is 6.55. The van der Waals surface area contributed by atoms with E-state index in [0.717, 1.165) is 6.07 Å². The number of fused-ring (bicyclic) bond motifs is 2. The van der Waals surface area contributed by atoms with Crippen molar-refractivity contribution in [2.75, 3.05) is 0 Å². The average molecular weight is 435 g/mol. The number of rotatable bonds is 6. The van der Waals surface area contributed by atoms with Gasteiger partial charge in [0.1, 0.15) is 6.04 Å². The van der Waals surface area contributed by atoms with Gasteiger partial charge in [-0.25, -0.2) is 8.42 Å². The van der Waals surface area contributed by atoms with Crippen LogP contribution in [-0.4, -0.2) is 37.1 Å². The molecular weight excluding hydrogens is 418 g/mol. The summed E-state index contributed by atoms with van der Waals surface area (Å²) < 4.78 is 28.0. The van der Waals surface area contributed by atoms with Gasteiger partial charge in [-0.2, -0.15) is 4.72 Å². The first-order chi connectivity index (χ1) is 14.8. The van der Waals surface area contributed by atoms with Crippen LogP contribution in [0.5, 0.6) is 0 Å². The summed E-state index contributed by atoms with van der Waals surface area (Å²) in [5, 5.41) is 9.50. The number of carbonyl (C=O) groups is 3. The van der Waals surface area contributed by atoms with Crippen LogP contribution in [0.4, 0.5) is 0 Å². The molecule has 8 heteroatoms. The Morgan fingerprint density at radius 1 is 0.806 bits per heavy atom. The van der Waals surface area contributed by atoms with E-state index in [1.54, 1.807) is 48.5 Å². The maximum atomic E-state index is 12.9. The van der Waals surface area contributed by atoms with Crippen molar-refractivity contribution >= 4 is 27.6 Å². The Hall–Kier alpha value is -3.62. The number of carbonyl (C=O) groups excluding carboxylic acids is 2. The van der Waals surface area contributed by atoms with Crippen molar-refractivity contribution in [3.05, 3.63) is 101 Å². The predicted molar refractivity (Wildman–Crippen MR) is 112 cm³/mol. The molecule has 0 radical (unpaired) electrons. The Bertz CT molecular complexity index is 1310. The summed E-state index contributed by atoms with van der Waals surface area (Å²) in [5.74, 6) is -2.15. The fraction of sp³-hybridized carbons (Fsp3) is 0.0870. The van der Waals surface area contributed by atoms with E-state index < -0.39 is 27.8 Å². The first-order valence-electron chi connectivity index (χ1n) is 9.39. The molecule has 1 atom stereocenters. The normalized spacial score (nSPS) is 13.9. The molecule has 156 valence electrons. The summed E-state index contributed by atoms with van der Waals surface area (Å²) in [6.45, 7) is 0. The third-order valence-electron chi connectivity index (χ3n) is 5.09. The maximum absolute atomic E-state index is 12.9. The Morgan fingerprint density at radius 3 is 1.97 bits per heavy atom. The monoisotopic (exact) mass is 435 g/mol. The van der Waals surface area contributed by atoms with Gasteiger partial charge >= 0.3 is 5.97 Å². The molecular formula is C23H17NO6S. The molecule has 0 spiro atoms. The van der Waals surface area contributed by atoms with Gasteiger partial charge in [0.05, 0.1) is 4.90 Å². The fourth-order valence-electron chi connectivity index (χ4n) is 3.53. The van der Waals surface area contributed by atoms with E-state index in [1.807, 2.05) is 0 Å². The number of hydrogen-bond acceptors (Lipinski definition) is 5. The molecule has 4 rings (SSSR count). The van der Waals surface area contributed by atoms with Gasteiger partial charge in [-0.3, -0.25) is 14.4 Å². The minimum Gasteiger partial charge on any atom is -0.480 e. The van der Waals surface area contributed by atoms with Gasteiger partial charge in [-0.1, -0.05) is 54.6 Å². The van der Waals surface area contributed by atoms with Gasteiger partial charge in [0.25, 0.3) is 0 Å². The van der Waals surface area contributed by atoms with Crippen LogP contribution in [0.25, 0.3) is 0 Å². The minimum atomic E-state index is -4.27. The Kier molecular flexibility index (Phi) is 5.26. The van der Waals surface area contributed by atoms with E-state index in [-0.39, 0.29) is 39.4 Å². The quantitative estimate of drug-likeness (QED) is 0.480. The van der Waals surface area contributed by atoms with Crippen LogP contribution < -0.4 is 4.72 Å². The number of sulfonamides is 1. The largest absolute Gasteiger partial charge is 0.480 e. The first-order valence-corrected chi connectivity index (χ1v) is 10.9. The smallest absolute Gasteiger partial charge is 0.322 e. The molecule has 0 saturated carbocycles. The van der Waals surface area contributed by atoms with Gasteiger partial charge in [0.2, 0.25) is 10.0 Å². The molecule has 1 aliphatic rings. The van der Waals surface area contributed by atoms with Crippen LogP contribution in [0, 0.1) is 0 Å². The number of carboxylic acids is 1. The average Bonchev–Trinajstić information content (AvgIpc) is 2.77.